The molecule has 0 aliphatic heterocycles. The molecular formula is C12H17F2N. The van der Waals surface area contributed by atoms with Gasteiger partial charge in [-0.2, -0.15) is 0 Å². The van der Waals surface area contributed by atoms with Gasteiger partial charge < -0.3 is 5.32 Å². The minimum absolute atomic E-state index is 0.0674. The molecule has 1 aromatic carbocycles. The lowest BCUT2D eigenvalue weighted by atomic mass is 10.1. The van der Waals surface area contributed by atoms with Crippen LogP contribution in [0.1, 0.15) is 26.3 Å². The van der Waals surface area contributed by atoms with Crippen LogP contribution in [0, 0.1) is 24.5 Å². The first kappa shape index (κ1) is 12.0. The molecule has 0 heterocycles. The van der Waals surface area contributed by atoms with Crippen molar-refractivity contribution in [3.63, 3.8) is 0 Å². The summed E-state index contributed by atoms with van der Waals surface area (Å²) in [7, 11) is 0. The molecular weight excluding hydrogens is 196 g/mol. The number of benzene rings is 1. The number of nitrogens with one attached hydrogen (secondary N) is 1. The highest BCUT2D eigenvalue weighted by Crippen LogP contribution is 2.19. The largest absolute Gasteiger partial charge is 0.382 e. The van der Waals surface area contributed by atoms with Gasteiger partial charge >= 0.3 is 0 Å². The Bertz CT molecular complexity index is 324. The Morgan fingerprint density at radius 2 is 1.53 bits per heavy atom. The van der Waals surface area contributed by atoms with Crippen molar-refractivity contribution in [3.8, 4) is 0 Å². The Hall–Kier alpha value is -1.12. The van der Waals surface area contributed by atoms with Gasteiger partial charge in [-0.25, -0.2) is 8.78 Å². The van der Waals surface area contributed by atoms with Crippen LogP contribution in [0.3, 0.4) is 0 Å². The van der Waals surface area contributed by atoms with Crippen LogP contribution in [0.5, 0.6) is 0 Å². The molecule has 0 aliphatic carbocycles. The van der Waals surface area contributed by atoms with E-state index in [-0.39, 0.29) is 11.6 Å². The van der Waals surface area contributed by atoms with Crippen molar-refractivity contribution in [2.45, 2.75) is 33.7 Å². The fourth-order valence-corrected chi connectivity index (χ4v) is 1.16. The standard InChI is InChI=1S/C12H17F2N/c1-7(2)9(4)15-10-5-11(13)8(3)12(14)6-10/h5-7,9,15H,1-4H3/t9-/m0/s1. The van der Waals surface area contributed by atoms with Crippen LogP contribution in [0.25, 0.3) is 0 Å². The molecule has 0 amide bonds. The van der Waals surface area contributed by atoms with E-state index in [1.807, 2.05) is 6.92 Å². The molecule has 0 unspecified atom stereocenters. The molecule has 0 bridgehead atoms. The highest BCUT2D eigenvalue weighted by Gasteiger charge is 2.10. The Balaban J connectivity index is 2.88. The van der Waals surface area contributed by atoms with Crippen LogP contribution in [0.4, 0.5) is 14.5 Å². The molecule has 0 fully saturated rings. The van der Waals surface area contributed by atoms with Gasteiger partial charge in [0, 0.05) is 17.3 Å². The molecule has 84 valence electrons. The summed E-state index contributed by atoms with van der Waals surface area (Å²) in [5, 5.41) is 3.07. The van der Waals surface area contributed by atoms with E-state index in [0.29, 0.717) is 11.6 Å². The molecule has 15 heavy (non-hydrogen) atoms. The lowest BCUT2D eigenvalue weighted by molar-refractivity contribution is 0.551. The first-order chi connectivity index (χ1) is 6.91. The van der Waals surface area contributed by atoms with Crippen LogP contribution in [-0.4, -0.2) is 6.04 Å². The van der Waals surface area contributed by atoms with E-state index in [1.165, 1.54) is 19.1 Å². The topological polar surface area (TPSA) is 12.0 Å². The van der Waals surface area contributed by atoms with Gasteiger partial charge in [-0.3, -0.25) is 0 Å². The summed E-state index contributed by atoms with van der Waals surface area (Å²) in [5.74, 6) is -0.598. The summed E-state index contributed by atoms with van der Waals surface area (Å²) < 4.78 is 26.4. The zero-order valence-corrected chi connectivity index (χ0v) is 9.57. The molecule has 1 nitrogen and oxygen atoms in total. The third kappa shape index (κ3) is 2.91. The molecule has 3 heteroatoms. The second kappa shape index (κ2) is 4.60. The molecule has 1 rings (SSSR count). The molecule has 0 saturated heterocycles. The molecule has 0 aliphatic rings. The van der Waals surface area contributed by atoms with Gasteiger partial charge in [0.25, 0.3) is 0 Å². The molecule has 0 spiro atoms. The first-order valence-corrected chi connectivity index (χ1v) is 5.14. The third-order valence-corrected chi connectivity index (χ3v) is 2.68. The van der Waals surface area contributed by atoms with E-state index < -0.39 is 11.6 Å². The van der Waals surface area contributed by atoms with Crippen LogP contribution >= 0.6 is 0 Å². The molecule has 0 radical (unpaired) electrons. The second-order valence-electron chi connectivity index (χ2n) is 4.24. The summed E-state index contributed by atoms with van der Waals surface area (Å²) in [6, 6.07) is 2.85. The molecule has 1 aromatic rings. The summed E-state index contributed by atoms with van der Waals surface area (Å²) in [4.78, 5) is 0. The van der Waals surface area contributed by atoms with Gasteiger partial charge in [0.2, 0.25) is 0 Å². The van der Waals surface area contributed by atoms with E-state index in [9.17, 15) is 8.78 Å². The van der Waals surface area contributed by atoms with E-state index in [2.05, 4.69) is 19.2 Å². The van der Waals surface area contributed by atoms with Crippen molar-refractivity contribution < 1.29 is 8.78 Å². The monoisotopic (exact) mass is 213 g/mol. The first-order valence-electron chi connectivity index (χ1n) is 5.14. The van der Waals surface area contributed by atoms with Crippen LogP contribution in [-0.2, 0) is 0 Å². The predicted octanol–water partition coefficient (Wildman–Crippen LogP) is 3.73. The lowest BCUT2D eigenvalue weighted by Crippen LogP contribution is -2.21. The zero-order chi connectivity index (χ0) is 11.6. The fourth-order valence-electron chi connectivity index (χ4n) is 1.16. The summed E-state index contributed by atoms with van der Waals surface area (Å²) >= 11 is 0. The van der Waals surface area contributed by atoms with Crippen LogP contribution in [0.15, 0.2) is 12.1 Å². The minimum atomic E-state index is -0.506. The van der Waals surface area contributed by atoms with E-state index in [4.69, 9.17) is 0 Å². The normalized spacial score (nSPS) is 13.0. The minimum Gasteiger partial charge on any atom is -0.382 e. The van der Waals surface area contributed by atoms with Gasteiger partial charge in [-0.05, 0) is 31.9 Å². The van der Waals surface area contributed by atoms with Crippen molar-refractivity contribution in [2.24, 2.45) is 5.92 Å². The van der Waals surface area contributed by atoms with Gasteiger partial charge in [0.05, 0.1) is 0 Å². The summed E-state index contributed by atoms with van der Waals surface area (Å²) in [6.45, 7) is 7.53. The smallest absolute Gasteiger partial charge is 0.131 e. The van der Waals surface area contributed by atoms with E-state index in [0.717, 1.165) is 0 Å². The maximum atomic E-state index is 13.2. The average molecular weight is 213 g/mol. The summed E-state index contributed by atoms with van der Waals surface area (Å²) in [5.41, 5.74) is 0.564. The Labute approximate surface area is 89.5 Å². The number of anilines is 1. The zero-order valence-electron chi connectivity index (χ0n) is 9.57. The SMILES string of the molecule is Cc1c(F)cc(N[C@@H](C)C(C)C)cc1F. The van der Waals surface area contributed by atoms with Crippen molar-refractivity contribution in [1.82, 2.24) is 0 Å². The average Bonchev–Trinajstić information content (AvgIpc) is 2.13. The fraction of sp³-hybridized carbons (Fsp3) is 0.500. The molecule has 1 N–H and O–H groups in total. The van der Waals surface area contributed by atoms with E-state index >= 15 is 0 Å². The van der Waals surface area contributed by atoms with Gasteiger partial charge in [0.1, 0.15) is 11.6 Å². The predicted molar refractivity (Wildman–Crippen MR) is 59.0 cm³/mol. The van der Waals surface area contributed by atoms with Gasteiger partial charge in [0.15, 0.2) is 0 Å². The quantitative estimate of drug-likeness (QED) is 0.806. The Kier molecular flexibility index (Phi) is 3.66. The van der Waals surface area contributed by atoms with Gasteiger partial charge in [-0.15, -0.1) is 0 Å². The molecule has 0 saturated carbocycles. The molecule has 1 atom stereocenters. The number of hydrogen-bond donors (Lipinski definition) is 1. The highest BCUT2D eigenvalue weighted by atomic mass is 19.1. The van der Waals surface area contributed by atoms with Gasteiger partial charge in [-0.1, -0.05) is 13.8 Å². The number of hydrogen-bond acceptors (Lipinski definition) is 1. The van der Waals surface area contributed by atoms with Crippen molar-refractivity contribution in [1.29, 1.82) is 0 Å². The van der Waals surface area contributed by atoms with Crippen LogP contribution < -0.4 is 5.32 Å². The maximum absolute atomic E-state index is 13.2. The molecule has 0 aromatic heterocycles. The second-order valence-corrected chi connectivity index (χ2v) is 4.24. The van der Waals surface area contributed by atoms with Crippen molar-refractivity contribution in [3.05, 3.63) is 29.3 Å². The van der Waals surface area contributed by atoms with Crippen molar-refractivity contribution in [2.75, 3.05) is 5.32 Å². The Morgan fingerprint density at radius 1 is 1.07 bits per heavy atom. The third-order valence-electron chi connectivity index (χ3n) is 2.68. The van der Waals surface area contributed by atoms with Crippen LogP contribution in [0.2, 0.25) is 0 Å². The maximum Gasteiger partial charge on any atom is 0.131 e. The summed E-state index contributed by atoms with van der Waals surface area (Å²) in [6.07, 6.45) is 0. The van der Waals surface area contributed by atoms with Crippen molar-refractivity contribution >= 4 is 5.69 Å². The van der Waals surface area contributed by atoms with E-state index in [1.54, 1.807) is 0 Å². The lowest BCUT2D eigenvalue weighted by Gasteiger charge is -2.19. The number of rotatable bonds is 3. The Morgan fingerprint density at radius 3 is 1.93 bits per heavy atom. The highest BCUT2D eigenvalue weighted by molar-refractivity contribution is 5.46. The number of halogens is 2.